The monoisotopic (exact) mass is 354 g/mol. The summed E-state index contributed by atoms with van der Waals surface area (Å²) in [5.74, 6) is 0. The van der Waals surface area contributed by atoms with E-state index in [4.69, 9.17) is 11.6 Å². The van der Waals surface area contributed by atoms with Gasteiger partial charge in [0.25, 0.3) is 0 Å². The SMILES string of the molecule is FC(F)(F)c1ccc(CN2CCN(c3ccc(Cl)cc3)CC2)cc1. The highest BCUT2D eigenvalue weighted by atomic mass is 35.5. The average molecular weight is 355 g/mol. The van der Waals surface area contributed by atoms with Crippen LogP contribution in [0.3, 0.4) is 0 Å². The molecule has 0 saturated carbocycles. The average Bonchev–Trinajstić information content (AvgIpc) is 2.56. The van der Waals surface area contributed by atoms with Crippen molar-refractivity contribution in [3.8, 4) is 0 Å². The number of anilines is 1. The van der Waals surface area contributed by atoms with Gasteiger partial charge in [-0.1, -0.05) is 23.7 Å². The van der Waals surface area contributed by atoms with E-state index in [1.807, 2.05) is 24.3 Å². The predicted octanol–water partition coefficient (Wildman–Crippen LogP) is 4.68. The summed E-state index contributed by atoms with van der Waals surface area (Å²) in [6, 6.07) is 13.2. The van der Waals surface area contributed by atoms with E-state index in [-0.39, 0.29) is 0 Å². The van der Waals surface area contributed by atoms with Gasteiger partial charge in [-0.3, -0.25) is 4.90 Å². The third-order valence-corrected chi connectivity index (χ3v) is 4.50. The number of halogens is 4. The molecule has 2 nitrogen and oxygen atoms in total. The predicted molar refractivity (Wildman–Crippen MR) is 90.4 cm³/mol. The summed E-state index contributed by atoms with van der Waals surface area (Å²) in [6.07, 6.45) is -4.28. The van der Waals surface area contributed by atoms with Crippen LogP contribution in [-0.2, 0) is 12.7 Å². The molecule has 3 rings (SSSR count). The van der Waals surface area contributed by atoms with Crippen LogP contribution < -0.4 is 4.90 Å². The summed E-state index contributed by atoms with van der Waals surface area (Å²) < 4.78 is 37.7. The van der Waals surface area contributed by atoms with E-state index in [2.05, 4.69) is 9.80 Å². The van der Waals surface area contributed by atoms with Crippen LogP contribution in [0, 0.1) is 0 Å². The van der Waals surface area contributed by atoms with E-state index >= 15 is 0 Å². The normalized spacial score (nSPS) is 16.4. The Hall–Kier alpha value is -1.72. The van der Waals surface area contributed by atoms with Gasteiger partial charge in [0, 0.05) is 43.4 Å². The van der Waals surface area contributed by atoms with Crippen molar-refractivity contribution in [3.63, 3.8) is 0 Å². The smallest absolute Gasteiger partial charge is 0.369 e. The molecule has 128 valence electrons. The quantitative estimate of drug-likeness (QED) is 0.789. The van der Waals surface area contributed by atoms with Crippen LogP contribution in [-0.4, -0.2) is 31.1 Å². The summed E-state index contributed by atoms with van der Waals surface area (Å²) in [5, 5.41) is 0.722. The molecular formula is C18H18ClF3N2. The van der Waals surface area contributed by atoms with Crippen LogP contribution in [0.15, 0.2) is 48.5 Å². The fourth-order valence-corrected chi connectivity index (χ4v) is 3.00. The number of hydrogen-bond donors (Lipinski definition) is 0. The molecule has 24 heavy (non-hydrogen) atoms. The van der Waals surface area contributed by atoms with Crippen molar-refractivity contribution < 1.29 is 13.2 Å². The molecule has 0 atom stereocenters. The van der Waals surface area contributed by atoms with E-state index in [0.29, 0.717) is 6.54 Å². The van der Waals surface area contributed by atoms with Gasteiger partial charge in [0.15, 0.2) is 0 Å². The molecule has 1 saturated heterocycles. The molecule has 2 aromatic carbocycles. The Bertz CT molecular complexity index is 660. The highest BCUT2D eigenvalue weighted by Gasteiger charge is 2.30. The Morgan fingerprint density at radius 3 is 1.96 bits per heavy atom. The van der Waals surface area contributed by atoms with Crippen LogP contribution in [0.4, 0.5) is 18.9 Å². The van der Waals surface area contributed by atoms with Crippen molar-refractivity contribution in [2.45, 2.75) is 12.7 Å². The summed E-state index contributed by atoms with van der Waals surface area (Å²) in [6.45, 7) is 4.21. The van der Waals surface area contributed by atoms with Gasteiger partial charge in [-0.25, -0.2) is 0 Å². The van der Waals surface area contributed by atoms with Gasteiger partial charge in [-0.2, -0.15) is 13.2 Å². The number of alkyl halides is 3. The highest BCUT2D eigenvalue weighted by Crippen LogP contribution is 2.29. The lowest BCUT2D eigenvalue weighted by Crippen LogP contribution is -2.45. The van der Waals surface area contributed by atoms with Gasteiger partial charge in [0.2, 0.25) is 0 Å². The van der Waals surface area contributed by atoms with Gasteiger partial charge in [-0.05, 0) is 42.0 Å². The highest BCUT2D eigenvalue weighted by molar-refractivity contribution is 6.30. The van der Waals surface area contributed by atoms with Gasteiger partial charge >= 0.3 is 6.18 Å². The fourth-order valence-electron chi connectivity index (χ4n) is 2.87. The molecule has 1 heterocycles. The Balaban J connectivity index is 1.54. The number of nitrogens with zero attached hydrogens (tertiary/aromatic N) is 2. The molecule has 0 bridgehead atoms. The zero-order valence-corrected chi connectivity index (χ0v) is 13.8. The van der Waals surface area contributed by atoms with Crippen LogP contribution >= 0.6 is 11.6 Å². The third kappa shape index (κ3) is 4.22. The molecule has 0 unspecified atom stereocenters. The van der Waals surface area contributed by atoms with Crippen molar-refractivity contribution >= 4 is 17.3 Å². The zero-order chi connectivity index (χ0) is 17.2. The molecule has 0 spiro atoms. The minimum Gasteiger partial charge on any atom is -0.369 e. The molecule has 1 aliphatic rings. The lowest BCUT2D eigenvalue weighted by Gasteiger charge is -2.36. The molecule has 1 fully saturated rings. The maximum Gasteiger partial charge on any atom is 0.416 e. The van der Waals surface area contributed by atoms with Gasteiger partial charge < -0.3 is 4.90 Å². The Labute approximate surface area is 144 Å². The largest absolute Gasteiger partial charge is 0.416 e. The van der Waals surface area contributed by atoms with Crippen LogP contribution in [0.5, 0.6) is 0 Å². The molecule has 6 heteroatoms. The van der Waals surface area contributed by atoms with Gasteiger partial charge in [0.1, 0.15) is 0 Å². The lowest BCUT2D eigenvalue weighted by atomic mass is 10.1. The van der Waals surface area contributed by atoms with Gasteiger partial charge in [-0.15, -0.1) is 0 Å². The Kier molecular flexibility index (Phi) is 5.01. The second-order valence-electron chi connectivity index (χ2n) is 5.93. The third-order valence-electron chi connectivity index (χ3n) is 4.25. The summed E-state index contributed by atoms with van der Waals surface area (Å²) in [5.41, 5.74) is 1.45. The van der Waals surface area contributed by atoms with Crippen molar-refractivity contribution in [1.29, 1.82) is 0 Å². The van der Waals surface area contributed by atoms with E-state index in [1.54, 1.807) is 12.1 Å². The van der Waals surface area contributed by atoms with Crippen molar-refractivity contribution in [2.24, 2.45) is 0 Å². The summed E-state index contributed by atoms with van der Waals surface area (Å²) in [4.78, 5) is 4.55. The number of rotatable bonds is 3. The molecule has 0 radical (unpaired) electrons. The maximum atomic E-state index is 12.6. The lowest BCUT2D eigenvalue weighted by molar-refractivity contribution is -0.137. The molecule has 0 N–H and O–H groups in total. The van der Waals surface area contributed by atoms with Crippen molar-refractivity contribution in [2.75, 3.05) is 31.1 Å². The first-order valence-electron chi connectivity index (χ1n) is 7.81. The van der Waals surface area contributed by atoms with Gasteiger partial charge in [0.05, 0.1) is 5.56 Å². The van der Waals surface area contributed by atoms with Crippen molar-refractivity contribution in [1.82, 2.24) is 4.90 Å². The molecule has 0 aliphatic carbocycles. The minimum atomic E-state index is -4.28. The molecular weight excluding hydrogens is 337 g/mol. The number of benzene rings is 2. The van der Waals surface area contributed by atoms with E-state index in [0.717, 1.165) is 54.6 Å². The Morgan fingerprint density at radius 1 is 0.833 bits per heavy atom. The zero-order valence-electron chi connectivity index (χ0n) is 13.1. The standard InChI is InChI=1S/C18H18ClF3N2/c19-16-5-7-17(8-6-16)24-11-9-23(10-12-24)13-14-1-3-15(4-2-14)18(20,21)22/h1-8H,9-13H2. The van der Waals surface area contributed by atoms with Crippen LogP contribution in [0.25, 0.3) is 0 Å². The molecule has 0 aromatic heterocycles. The molecule has 0 amide bonds. The summed E-state index contributed by atoms with van der Waals surface area (Å²) in [7, 11) is 0. The van der Waals surface area contributed by atoms with Crippen LogP contribution in [0.1, 0.15) is 11.1 Å². The molecule has 2 aromatic rings. The van der Waals surface area contributed by atoms with E-state index in [1.165, 1.54) is 0 Å². The second kappa shape index (κ2) is 7.03. The van der Waals surface area contributed by atoms with Crippen molar-refractivity contribution in [3.05, 3.63) is 64.7 Å². The fraction of sp³-hybridized carbons (Fsp3) is 0.333. The van der Waals surface area contributed by atoms with Crippen LogP contribution in [0.2, 0.25) is 5.02 Å². The first-order chi connectivity index (χ1) is 11.4. The summed E-state index contributed by atoms with van der Waals surface area (Å²) >= 11 is 5.91. The minimum absolute atomic E-state index is 0.598. The number of piperazine rings is 1. The Morgan fingerprint density at radius 2 is 1.42 bits per heavy atom. The van der Waals surface area contributed by atoms with E-state index < -0.39 is 11.7 Å². The topological polar surface area (TPSA) is 6.48 Å². The first kappa shape index (κ1) is 17.1. The number of hydrogen-bond acceptors (Lipinski definition) is 2. The first-order valence-corrected chi connectivity index (χ1v) is 8.18. The van der Waals surface area contributed by atoms with E-state index in [9.17, 15) is 13.2 Å². The molecule has 1 aliphatic heterocycles. The second-order valence-corrected chi connectivity index (χ2v) is 6.37. The maximum absolute atomic E-state index is 12.6.